The summed E-state index contributed by atoms with van der Waals surface area (Å²) in [4.78, 5) is 39.0. The van der Waals surface area contributed by atoms with Crippen LogP contribution in [0.5, 0.6) is 5.75 Å². The molecule has 154 valence electrons. The summed E-state index contributed by atoms with van der Waals surface area (Å²) in [6, 6.07) is 17.5. The van der Waals surface area contributed by atoms with E-state index in [4.69, 9.17) is 14.7 Å². The van der Waals surface area contributed by atoms with Gasteiger partial charge in [0.05, 0.1) is 6.07 Å². The number of rotatable bonds is 8. The average Bonchev–Trinajstić information content (AvgIpc) is 3.21. The largest absolute Gasteiger partial charge is 0.482 e. The van der Waals surface area contributed by atoms with Crippen LogP contribution in [0.1, 0.15) is 12.8 Å². The van der Waals surface area contributed by atoms with Gasteiger partial charge in [-0.05, 0) is 42.8 Å². The maximum atomic E-state index is 12.3. The zero-order chi connectivity index (χ0) is 21.3. The summed E-state index contributed by atoms with van der Waals surface area (Å²) >= 11 is 0. The highest BCUT2D eigenvalue weighted by Crippen LogP contribution is 2.23. The van der Waals surface area contributed by atoms with Crippen LogP contribution in [0, 0.1) is 11.3 Å². The van der Waals surface area contributed by atoms with Gasteiger partial charge in [-0.3, -0.25) is 14.5 Å². The first kappa shape index (κ1) is 20.9. The second kappa shape index (κ2) is 10.1. The quantitative estimate of drug-likeness (QED) is 0.492. The number of carbonyl (C=O) groups excluding carboxylic acids is 3. The maximum absolute atomic E-state index is 12.3. The van der Waals surface area contributed by atoms with E-state index in [1.807, 2.05) is 6.07 Å². The Morgan fingerprint density at radius 3 is 2.43 bits per heavy atom. The van der Waals surface area contributed by atoms with Crippen molar-refractivity contribution in [1.29, 1.82) is 5.26 Å². The molecule has 30 heavy (non-hydrogen) atoms. The van der Waals surface area contributed by atoms with Gasteiger partial charge in [-0.25, -0.2) is 4.79 Å². The Labute approximate surface area is 174 Å². The Kier molecular flexibility index (Phi) is 7.00. The number of para-hydroxylation sites is 1. The van der Waals surface area contributed by atoms with Crippen molar-refractivity contribution in [2.24, 2.45) is 0 Å². The van der Waals surface area contributed by atoms with Crippen molar-refractivity contribution in [2.75, 3.05) is 36.1 Å². The molecule has 0 N–H and O–H groups in total. The summed E-state index contributed by atoms with van der Waals surface area (Å²) in [6.45, 7) is -0.304. The van der Waals surface area contributed by atoms with Gasteiger partial charge in [0, 0.05) is 24.3 Å². The maximum Gasteiger partial charge on any atom is 0.344 e. The molecule has 1 fully saturated rings. The fraction of sp³-hybridized carbons (Fsp3) is 0.273. The van der Waals surface area contributed by atoms with Crippen LogP contribution in [-0.4, -0.2) is 44.1 Å². The number of hydrogen-bond donors (Lipinski definition) is 0. The third kappa shape index (κ3) is 5.35. The molecule has 1 aliphatic heterocycles. The summed E-state index contributed by atoms with van der Waals surface area (Å²) in [7, 11) is 0. The van der Waals surface area contributed by atoms with Crippen molar-refractivity contribution >= 4 is 29.2 Å². The predicted octanol–water partition coefficient (Wildman–Crippen LogP) is 2.29. The van der Waals surface area contributed by atoms with E-state index in [1.54, 1.807) is 59.5 Å². The molecule has 1 saturated heterocycles. The van der Waals surface area contributed by atoms with Gasteiger partial charge in [0.1, 0.15) is 12.3 Å². The first-order valence-corrected chi connectivity index (χ1v) is 9.49. The van der Waals surface area contributed by atoms with Crippen LogP contribution in [0.4, 0.5) is 11.4 Å². The van der Waals surface area contributed by atoms with Gasteiger partial charge >= 0.3 is 5.97 Å². The highest BCUT2D eigenvalue weighted by atomic mass is 16.6. The van der Waals surface area contributed by atoms with Crippen molar-refractivity contribution in [1.82, 2.24) is 0 Å². The minimum absolute atomic E-state index is 0.0952. The van der Waals surface area contributed by atoms with Crippen LogP contribution in [0.25, 0.3) is 0 Å². The molecule has 8 heteroatoms. The molecule has 2 aromatic rings. The van der Waals surface area contributed by atoms with E-state index >= 15 is 0 Å². The molecule has 2 amide bonds. The second-order valence-corrected chi connectivity index (χ2v) is 6.57. The van der Waals surface area contributed by atoms with Crippen molar-refractivity contribution in [3.05, 3.63) is 54.6 Å². The third-order valence-corrected chi connectivity index (χ3v) is 4.53. The number of benzene rings is 2. The summed E-state index contributed by atoms with van der Waals surface area (Å²) in [5.41, 5.74) is 1.34. The lowest BCUT2D eigenvalue weighted by Gasteiger charge is -2.19. The molecule has 1 heterocycles. The molecule has 0 atom stereocenters. The van der Waals surface area contributed by atoms with Crippen LogP contribution in [0.2, 0.25) is 0 Å². The molecule has 0 aliphatic carbocycles. The van der Waals surface area contributed by atoms with E-state index in [0.717, 1.165) is 12.1 Å². The summed E-state index contributed by atoms with van der Waals surface area (Å²) in [5.74, 6) is -0.662. The standard InChI is InChI=1S/C22H21N3O5/c23-12-14-25(17-5-2-1-3-6-17)21(27)15-30-22(28)16-29-19-10-8-18(9-11-19)24-13-4-7-20(24)26/h1-3,5-6,8-11H,4,7,13-16H2. The number of nitrogens with zero attached hydrogens (tertiary/aromatic N) is 3. The number of hydrogen-bond acceptors (Lipinski definition) is 6. The molecule has 1 aliphatic rings. The van der Waals surface area contributed by atoms with Gasteiger partial charge in [0.25, 0.3) is 5.91 Å². The Bertz CT molecular complexity index is 937. The van der Waals surface area contributed by atoms with Gasteiger partial charge in [-0.2, -0.15) is 5.26 Å². The zero-order valence-corrected chi connectivity index (χ0v) is 16.3. The summed E-state index contributed by atoms with van der Waals surface area (Å²) in [6.07, 6.45) is 1.40. The highest BCUT2D eigenvalue weighted by Gasteiger charge is 2.21. The van der Waals surface area contributed by atoms with E-state index in [-0.39, 0.29) is 19.1 Å². The Morgan fingerprint density at radius 2 is 1.80 bits per heavy atom. The minimum Gasteiger partial charge on any atom is -0.482 e. The van der Waals surface area contributed by atoms with Crippen LogP contribution in [0.15, 0.2) is 54.6 Å². The predicted molar refractivity (Wildman–Crippen MR) is 109 cm³/mol. The highest BCUT2D eigenvalue weighted by molar-refractivity contribution is 5.96. The zero-order valence-electron chi connectivity index (χ0n) is 16.3. The number of ether oxygens (including phenoxy) is 2. The molecule has 2 aromatic carbocycles. The number of nitriles is 1. The molecule has 0 aromatic heterocycles. The molecule has 0 unspecified atom stereocenters. The van der Waals surface area contributed by atoms with Gasteiger partial charge in [0.15, 0.2) is 13.2 Å². The molecular formula is C22H21N3O5. The first-order valence-electron chi connectivity index (χ1n) is 9.49. The lowest BCUT2D eigenvalue weighted by atomic mass is 10.3. The molecule has 3 rings (SSSR count). The van der Waals surface area contributed by atoms with Gasteiger partial charge in [0.2, 0.25) is 5.91 Å². The van der Waals surface area contributed by atoms with Gasteiger partial charge in [-0.15, -0.1) is 0 Å². The van der Waals surface area contributed by atoms with Crippen LogP contribution in [0.3, 0.4) is 0 Å². The van der Waals surface area contributed by atoms with Crippen molar-refractivity contribution in [3.8, 4) is 11.8 Å². The third-order valence-electron chi connectivity index (χ3n) is 4.53. The topological polar surface area (TPSA) is 99.9 Å². The molecule has 0 spiro atoms. The lowest BCUT2D eigenvalue weighted by Crippen LogP contribution is -2.35. The van der Waals surface area contributed by atoms with Crippen LogP contribution < -0.4 is 14.5 Å². The van der Waals surface area contributed by atoms with Crippen LogP contribution >= 0.6 is 0 Å². The first-order chi connectivity index (χ1) is 14.6. The SMILES string of the molecule is N#CCN(C(=O)COC(=O)COc1ccc(N2CCCC2=O)cc1)c1ccccc1. The Morgan fingerprint density at radius 1 is 1.07 bits per heavy atom. The normalized spacial score (nSPS) is 12.9. The smallest absolute Gasteiger partial charge is 0.344 e. The Hall–Kier alpha value is -3.86. The van der Waals surface area contributed by atoms with E-state index in [2.05, 4.69) is 0 Å². The minimum atomic E-state index is -0.702. The lowest BCUT2D eigenvalue weighted by molar-refractivity contribution is -0.149. The van der Waals surface area contributed by atoms with E-state index < -0.39 is 18.5 Å². The van der Waals surface area contributed by atoms with Gasteiger partial charge < -0.3 is 14.4 Å². The van der Waals surface area contributed by atoms with Crippen LogP contribution in [-0.2, 0) is 19.1 Å². The summed E-state index contributed by atoms with van der Waals surface area (Å²) < 4.78 is 10.4. The number of amides is 2. The molecule has 0 saturated carbocycles. The average molecular weight is 407 g/mol. The Balaban J connectivity index is 1.47. The van der Waals surface area contributed by atoms with E-state index in [9.17, 15) is 14.4 Å². The number of anilines is 2. The molecule has 0 radical (unpaired) electrons. The van der Waals surface area contributed by atoms with Crippen molar-refractivity contribution in [2.45, 2.75) is 12.8 Å². The number of carbonyl (C=O) groups is 3. The van der Waals surface area contributed by atoms with E-state index in [1.165, 1.54) is 4.90 Å². The van der Waals surface area contributed by atoms with Gasteiger partial charge in [-0.1, -0.05) is 18.2 Å². The molecule has 0 bridgehead atoms. The fourth-order valence-corrected chi connectivity index (χ4v) is 3.05. The monoisotopic (exact) mass is 407 g/mol. The second-order valence-electron chi connectivity index (χ2n) is 6.57. The number of esters is 1. The fourth-order valence-electron chi connectivity index (χ4n) is 3.05. The molecule has 8 nitrogen and oxygen atoms in total. The van der Waals surface area contributed by atoms with E-state index in [0.29, 0.717) is 24.4 Å². The van der Waals surface area contributed by atoms with Crippen molar-refractivity contribution in [3.63, 3.8) is 0 Å². The molecular weight excluding hydrogens is 386 g/mol. The van der Waals surface area contributed by atoms with Crippen molar-refractivity contribution < 1.29 is 23.9 Å². The summed E-state index contributed by atoms with van der Waals surface area (Å²) in [5, 5.41) is 8.94.